The minimum atomic E-state index is 0.679. The quantitative estimate of drug-likeness (QED) is 0.754. The molecule has 0 aromatic carbocycles. The van der Waals surface area contributed by atoms with Gasteiger partial charge in [-0.15, -0.1) is 0 Å². The third kappa shape index (κ3) is 4.51. The summed E-state index contributed by atoms with van der Waals surface area (Å²) in [6.45, 7) is 15.2. The SMILES string of the molecule is CCCN(CCC)c1c(CNCC(C)C)c(C)nn1C. The Morgan fingerprint density at radius 1 is 1.20 bits per heavy atom. The van der Waals surface area contributed by atoms with E-state index in [1.807, 2.05) is 4.68 Å². The lowest BCUT2D eigenvalue weighted by atomic mass is 10.2. The number of nitrogens with one attached hydrogen (secondary N) is 1. The third-order valence-corrected chi connectivity index (χ3v) is 3.45. The Morgan fingerprint density at radius 2 is 1.80 bits per heavy atom. The van der Waals surface area contributed by atoms with E-state index in [1.165, 1.54) is 24.2 Å². The van der Waals surface area contributed by atoms with Gasteiger partial charge in [0.2, 0.25) is 0 Å². The van der Waals surface area contributed by atoms with Crippen LogP contribution >= 0.6 is 0 Å². The molecular weight excluding hydrogens is 248 g/mol. The second-order valence-electron chi connectivity index (χ2n) is 6.02. The normalized spacial score (nSPS) is 11.3. The number of hydrogen-bond donors (Lipinski definition) is 1. The van der Waals surface area contributed by atoms with Crippen molar-refractivity contribution >= 4 is 5.82 Å². The molecule has 0 amide bonds. The minimum Gasteiger partial charge on any atom is -0.357 e. The molecular formula is C16H32N4. The summed E-state index contributed by atoms with van der Waals surface area (Å²) < 4.78 is 2.05. The van der Waals surface area contributed by atoms with Gasteiger partial charge in [-0.2, -0.15) is 5.10 Å². The van der Waals surface area contributed by atoms with E-state index in [9.17, 15) is 0 Å². The predicted molar refractivity (Wildman–Crippen MR) is 87.3 cm³/mol. The van der Waals surface area contributed by atoms with Gasteiger partial charge < -0.3 is 10.2 Å². The van der Waals surface area contributed by atoms with Gasteiger partial charge in [-0.1, -0.05) is 27.7 Å². The molecule has 0 saturated carbocycles. The van der Waals surface area contributed by atoms with Gasteiger partial charge in [-0.05, 0) is 32.2 Å². The molecule has 0 aliphatic heterocycles. The highest BCUT2D eigenvalue weighted by Crippen LogP contribution is 2.23. The number of hydrogen-bond acceptors (Lipinski definition) is 3. The van der Waals surface area contributed by atoms with Crippen molar-refractivity contribution in [2.75, 3.05) is 24.5 Å². The van der Waals surface area contributed by atoms with Gasteiger partial charge in [0.05, 0.1) is 5.69 Å². The summed E-state index contributed by atoms with van der Waals surface area (Å²) in [7, 11) is 2.06. The third-order valence-electron chi connectivity index (χ3n) is 3.45. The van der Waals surface area contributed by atoms with Crippen molar-refractivity contribution in [1.29, 1.82) is 0 Å². The summed E-state index contributed by atoms with van der Waals surface area (Å²) >= 11 is 0. The summed E-state index contributed by atoms with van der Waals surface area (Å²) in [6, 6.07) is 0. The zero-order valence-electron chi connectivity index (χ0n) is 14.2. The molecule has 0 radical (unpaired) electrons. The Balaban J connectivity index is 2.91. The van der Waals surface area contributed by atoms with Crippen LogP contribution in [0.3, 0.4) is 0 Å². The number of aromatic nitrogens is 2. The van der Waals surface area contributed by atoms with Crippen LogP contribution in [0.5, 0.6) is 0 Å². The van der Waals surface area contributed by atoms with Gasteiger partial charge in [-0.3, -0.25) is 4.68 Å². The van der Waals surface area contributed by atoms with Crippen LogP contribution in [0.1, 0.15) is 51.8 Å². The van der Waals surface area contributed by atoms with Crippen LogP contribution < -0.4 is 10.2 Å². The average Bonchev–Trinajstić information content (AvgIpc) is 2.64. The number of nitrogens with zero attached hydrogens (tertiary/aromatic N) is 3. The number of aryl methyl sites for hydroxylation is 2. The maximum absolute atomic E-state index is 4.63. The second kappa shape index (κ2) is 8.30. The summed E-state index contributed by atoms with van der Waals surface area (Å²) in [6.07, 6.45) is 2.34. The van der Waals surface area contributed by atoms with Crippen LogP contribution in [0.25, 0.3) is 0 Å². The molecule has 0 saturated heterocycles. The van der Waals surface area contributed by atoms with Crippen LogP contribution in [-0.2, 0) is 13.6 Å². The van der Waals surface area contributed by atoms with E-state index in [4.69, 9.17) is 0 Å². The Labute approximate surface area is 124 Å². The van der Waals surface area contributed by atoms with E-state index in [0.29, 0.717) is 5.92 Å². The molecule has 0 unspecified atom stereocenters. The fourth-order valence-corrected chi connectivity index (χ4v) is 2.64. The van der Waals surface area contributed by atoms with Gasteiger partial charge in [0.1, 0.15) is 5.82 Å². The minimum absolute atomic E-state index is 0.679. The van der Waals surface area contributed by atoms with Crippen molar-refractivity contribution in [3.63, 3.8) is 0 Å². The topological polar surface area (TPSA) is 33.1 Å². The molecule has 1 N–H and O–H groups in total. The maximum Gasteiger partial charge on any atom is 0.131 e. The highest BCUT2D eigenvalue weighted by molar-refractivity contribution is 5.50. The Bertz CT molecular complexity index is 389. The smallest absolute Gasteiger partial charge is 0.131 e. The largest absolute Gasteiger partial charge is 0.357 e. The molecule has 0 atom stereocenters. The first-order valence-corrected chi connectivity index (χ1v) is 7.99. The lowest BCUT2D eigenvalue weighted by Gasteiger charge is -2.25. The molecule has 1 aromatic heterocycles. The molecule has 116 valence electrons. The highest BCUT2D eigenvalue weighted by Gasteiger charge is 2.18. The second-order valence-corrected chi connectivity index (χ2v) is 6.02. The number of rotatable bonds is 9. The van der Waals surface area contributed by atoms with Crippen LogP contribution in [0.15, 0.2) is 0 Å². The Kier molecular flexibility index (Phi) is 7.06. The first kappa shape index (κ1) is 17.0. The molecule has 1 heterocycles. The summed E-state index contributed by atoms with van der Waals surface area (Å²) in [5.74, 6) is 1.97. The van der Waals surface area contributed by atoms with Crippen LogP contribution in [-0.4, -0.2) is 29.4 Å². The van der Waals surface area contributed by atoms with Crippen molar-refractivity contribution in [3.8, 4) is 0 Å². The van der Waals surface area contributed by atoms with Crippen molar-refractivity contribution in [3.05, 3.63) is 11.3 Å². The molecule has 0 aliphatic rings. The van der Waals surface area contributed by atoms with Crippen molar-refractivity contribution < 1.29 is 0 Å². The molecule has 20 heavy (non-hydrogen) atoms. The van der Waals surface area contributed by atoms with Crippen LogP contribution in [0.4, 0.5) is 5.82 Å². The lowest BCUT2D eigenvalue weighted by Crippen LogP contribution is -2.29. The van der Waals surface area contributed by atoms with Crippen molar-refractivity contribution in [2.45, 2.75) is 54.0 Å². The van der Waals surface area contributed by atoms with Gasteiger partial charge in [0.15, 0.2) is 0 Å². The van der Waals surface area contributed by atoms with Gasteiger partial charge in [0.25, 0.3) is 0 Å². The fourth-order valence-electron chi connectivity index (χ4n) is 2.64. The van der Waals surface area contributed by atoms with Crippen LogP contribution in [0, 0.1) is 12.8 Å². The van der Waals surface area contributed by atoms with E-state index in [0.717, 1.165) is 31.9 Å². The van der Waals surface area contributed by atoms with Crippen LogP contribution in [0.2, 0.25) is 0 Å². The molecule has 4 heteroatoms. The van der Waals surface area contributed by atoms with E-state index < -0.39 is 0 Å². The Morgan fingerprint density at radius 3 is 2.30 bits per heavy atom. The highest BCUT2D eigenvalue weighted by atomic mass is 15.4. The number of anilines is 1. The first-order valence-electron chi connectivity index (χ1n) is 7.99. The first-order chi connectivity index (χ1) is 9.51. The van der Waals surface area contributed by atoms with E-state index in [1.54, 1.807) is 0 Å². The van der Waals surface area contributed by atoms with Gasteiger partial charge in [-0.25, -0.2) is 0 Å². The average molecular weight is 280 g/mol. The molecule has 0 fully saturated rings. The summed E-state index contributed by atoms with van der Waals surface area (Å²) in [4.78, 5) is 2.48. The molecule has 1 rings (SSSR count). The van der Waals surface area contributed by atoms with E-state index in [-0.39, 0.29) is 0 Å². The lowest BCUT2D eigenvalue weighted by molar-refractivity contribution is 0.550. The molecule has 1 aromatic rings. The molecule has 0 spiro atoms. The van der Waals surface area contributed by atoms with E-state index >= 15 is 0 Å². The maximum atomic E-state index is 4.63. The predicted octanol–water partition coefficient (Wildman–Crippen LogP) is 3.10. The van der Waals surface area contributed by atoms with E-state index in [2.05, 4.69) is 57.0 Å². The molecule has 4 nitrogen and oxygen atoms in total. The zero-order valence-corrected chi connectivity index (χ0v) is 14.2. The summed E-state index contributed by atoms with van der Waals surface area (Å²) in [5, 5.41) is 8.18. The monoisotopic (exact) mass is 280 g/mol. The Hall–Kier alpha value is -1.03. The fraction of sp³-hybridized carbons (Fsp3) is 0.812. The van der Waals surface area contributed by atoms with Gasteiger partial charge >= 0.3 is 0 Å². The molecule has 0 bridgehead atoms. The zero-order chi connectivity index (χ0) is 15.1. The summed E-state index contributed by atoms with van der Waals surface area (Å²) in [5.41, 5.74) is 2.51. The van der Waals surface area contributed by atoms with Crippen molar-refractivity contribution in [2.24, 2.45) is 13.0 Å². The standard InChI is InChI=1S/C16H32N4/c1-7-9-20(10-8-2)16-15(12-17-11-13(3)4)14(5)18-19(16)6/h13,17H,7-12H2,1-6H3. The van der Waals surface area contributed by atoms with Crippen molar-refractivity contribution in [1.82, 2.24) is 15.1 Å². The molecule has 0 aliphatic carbocycles. The van der Waals surface area contributed by atoms with Gasteiger partial charge in [0, 0.05) is 32.2 Å².